The van der Waals surface area contributed by atoms with Crippen LogP contribution in [0.2, 0.25) is 0 Å². The van der Waals surface area contributed by atoms with Crippen LogP contribution in [-0.2, 0) is 16.0 Å². The number of rotatable bonds is 5. The van der Waals surface area contributed by atoms with Crippen molar-refractivity contribution in [3.8, 4) is 0 Å². The number of carbonyl (C=O) groups is 1. The topological polar surface area (TPSA) is 26.3 Å². The Bertz CT molecular complexity index is 374. The quantitative estimate of drug-likeness (QED) is 0.782. The van der Waals surface area contributed by atoms with Crippen molar-refractivity contribution in [3.63, 3.8) is 0 Å². The molecule has 0 saturated carbocycles. The highest BCUT2D eigenvalue weighted by Gasteiger charge is 2.21. The van der Waals surface area contributed by atoms with Gasteiger partial charge in [-0.2, -0.15) is 0 Å². The SMILES string of the molecule is COC(C(=O)Cc1cc(C)cc(C)c1)C(C)C. The Morgan fingerprint density at radius 1 is 1.18 bits per heavy atom. The van der Waals surface area contributed by atoms with Crippen molar-refractivity contribution in [1.29, 1.82) is 0 Å². The average molecular weight is 234 g/mol. The van der Waals surface area contributed by atoms with Crippen LogP contribution in [0.1, 0.15) is 30.5 Å². The molecule has 0 fully saturated rings. The van der Waals surface area contributed by atoms with E-state index >= 15 is 0 Å². The molecule has 17 heavy (non-hydrogen) atoms. The van der Waals surface area contributed by atoms with E-state index < -0.39 is 0 Å². The van der Waals surface area contributed by atoms with Crippen molar-refractivity contribution in [2.24, 2.45) is 5.92 Å². The zero-order valence-corrected chi connectivity index (χ0v) is 11.4. The number of benzene rings is 1. The molecule has 1 unspecified atom stereocenters. The average Bonchev–Trinajstić information content (AvgIpc) is 2.15. The lowest BCUT2D eigenvalue weighted by molar-refractivity contribution is -0.130. The van der Waals surface area contributed by atoms with Crippen LogP contribution >= 0.6 is 0 Å². The minimum absolute atomic E-state index is 0.160. The first kappa shape index (κ1) is 13.9. The highest BCUT2D eigenvalue weighted by molar-refractivity contribution is 5.85. The molecule has 1 atom stereocenters. The molecule has 0 heterocycles. The molecule has 0 aliphatic heterocycles. The van der Waals surface area contributed by atoms with Gasteiger partial charge >= 0.3 is 0 Å². The van der Waals surface area contributed by atoms with Crippen molar-refractivity contribution in [2.75, 3.05) is 7.11 Å². The van der Waals surface area contributed by atoms with Gasteiger partial charge in [0.25, 0.3) is 0 Å². The number of carbonyl (C=O) groups excluding carboxylic acids is 1. The van der Waals surface area contributed by atoms with Crippen LogP contribution in [0, 0.1) is 19.8 Å². The summed E-state index contributed by atoms with van der Waals surface area (Å²) >= 11 is 0. The Morgan fingerprint density at radius 2 is 1.71 bits per heavy atom. The van der Waals surface area contributed by atoms with Gasteiger partial charge in [-0.25, -0.2) is 0 Å². The monoisotopic (exact) mass is 234 g/mol. The molecule has 0 saturated heterocycles. The standard InChI is InChI=1S/C15H22O2/c1-10(2)15(17-5)14(16)9-13-7-11(3)6-12(4)8-13/h6-8,10,15H,9H2,1-5H3. The largest absolute Gasteiger partial charge is 0.373 e. The molecule has 94 valence electrons. The molecule has 2 heteroatoms. The van der Waals surface area contributed by atoms with Gasteiger partial charge in [-0.3, -0.25) is 4.79 Å². The molecule has 0 bridgehead atoms. The molecule has 0 aliphatic rings. The first-order valence-electron chi connectivity index (χ1n) is 6.06. The number of hydrogen-bond acceptors (Lipinski definition) is 2. The van der Waals surface area contributed by atoms with E-state index in [4.69, 9.17) is 4.74 Å². The summed E-state index contributed by atoms with van der Waals surface area (Å²) in [5.74, 6) is 0.380. The molecule has 0 radical (unpaired) electrons. The first-order chi connectivity index (χ1) is 7.93. The van der Waals surface area contributed by atoms with Crippen LogP contribution in [0.25, 0.3) is 0 Å². The van der Waals surface area contributed by atoms with Gasteiger partial charge in [0.15, 0.2) is 5.78 Å². The fourth-order valence-electron chi connectivity index (χ4n) is 2.25. The van der Waals surface area contributed by atoms with E-state index in [2.05, 4.69) is 32.0 Å². The fraction of sp³-hybridized carbons (Fsp3) is 0.533. The molecule has 1 aromatic rings. The molecule has 1 rings (SSSR count). The smallest absolute Gasteiger partial charge is 0.166 e. The predicted molar refractivity (Wildman–Crippen MR) is 70.3 cm³/mol. The van der Waals surface area contributed by atoms with Crippen LogP contribution in [0.15, 0.2) is 18.2 Å². The summed E-state index contributed by atoms with van der Waals surface area (Å²) < 4.78 is 5.26. The Balaban J connectivity index is 2.80. The number of Topliss-reactive ketones (excluding diaryl/α,β-unsaturated/α-hetero) is 1. The first-order valence-corrected chi connectivity index (χ1v) is 6.06. The zero-order valence-electron chi connectivity index (χ0n) is 11.4. The van der Waals surface area contributed by atoms with Crippen molar-refractivity contribution >= 4 is 5.78 Å². The van der Waals surface area contributed by atoms with Gasteiger partial charge in [0.2, 0.25) is 0 Å². The molecule has 0 aliphatic carbocycles. The molecule has 0 N–H and O–H groups in total. The Hall–Kier alpha value is -1.15. The number of ketones is 1. The number of aryl methyl sites for hydroxylation is 2. The molecule has 0 amide bonds. The zero-order chi connectivity index (χ0) is 13.0. The molecular weight excluding hydrogens is 212 g/mol. The lowest BCUT2D eigenvalue weighted by atomic mass is 9.96. The lowest BCUT2D eigenvalue weighted by Gasteiger charge is -2.18. The second-order valence-electron chi connectivity index (χ2n) is 5.04. The normalized spacial score (nSPS) is 12.8. The second-order valence-corrected chi connectivity index (χ2v) is 5.04. The number of hydrogen-bond donors (Lipinski definition) is 0. The summed E-state index contributed by atoms with van der Waals surface area (Å²) in [4.78, 5) is 12.1. The molecular formula is C15H22O2. The van der Waals surface area contributed by atoms with E-state index in [1.807, 2.05) is 13.8 Å². The van der Waals surface area contributed by atoms with Crippen LogP contribution in [0.4, 0.5) is 0 Å². The summed E-state index contributed by atoms with van der Waals surface area (Å²) in [7, 11) is 1.60. The van der Waals surface area contributed by atoms with E-state index in [-0.39, 0.29) is 17.8 Å². The van der Waals surface area contributed by atoms with E-state index in [0.29, 0.717) is 6.42 Å². The third-order valence-electron chi connectivity index (χ3n) is 2.84. The Kier molecular flexibility index (Phi) is 4.88. The van der Waals surface area contributed by atoms with E-state index in [1.165, 1.54) is 11.1 Å². The van der Waals surface area contributed by atoms with Gasteiger partial charge in [-0.1, -0.05) is 43.2 Å². The summed E-state index contributed by atoms with van der Waals surface area (Å²) in [6, 6.07) is 6.25. The second kappa shape index (κ2) is 5.97. The van der Waals surface area contributed by atoms with Crippen molar-refractivity contribution in [2.45, 2.75) is 40.2 Å². The Labute approximate surface area is 104 Å². The Morgan fingerprint density at radius 3 is 2.12 bits per heavy atom. The van der Waals surface area contributed by atoms with Crippen LogP contribution in [0.3, 0.4) is 0 Å². The van der Waals surface area contributed by atoms with E-state index in [9.17, 15) is 4.79 Å². The van der Waals surface area contributed by atoms with Gasteiger partial charge in [-0.15, -0.1) is 0 Å². The molecule has 0 aromatic heterocycles. The highest BCUT2D eigenvalue weighted by Crippen LogP contribution is 2.14. The van der Waals surface area contributed by atoms with Gasteiger partial charge < -0.3 is 4.74 Å². The molecule has 2 nitrogen and oxygen atoms in total. The van der Waals surface area contributed by atoms with E-state index in [0.717, 1.165) is 5.56 Å². The maximum absolute atomic E-state index is 12.1. The summed E-state index contributed by atoms with van der Waals surface area (Å²) in [6.07, 6.45) is 0.162. The number of methoxy groups -OCH3 is 1. The summed E-state index contributed by atoms with van der Waals surface area (Å²) in [6.45, 7) is 8.12. The lowest BCUT2D eigenvalue weighted by Crippen LogP contribution is -2.29. The van der Waals surface area contributed by atoms with Crippen LogP contribution < -0.4 is 0 Å². The van der Waals surface area contributed by atoms with E-state index in [1.54, 1.807) is 7.11 Å². The summed E-state index contributed by atoms with van der Waals surface area (Å²) in [5, 5.41) is 0. The molecule has 1 aromatic carbocycles. The fourth-order valence-corrected chi connectivity index (χ4v) is 2.25. The number of ether oxygens (including phenoxy) is 1. The van der Waals surface area contributed by atoms with Crippen LogP contribution in [0.5, 0.6) is 0 Å². The summed E-state index contributed by atoms with van der Waals surface area (Å²) in [5.41, 5.74) is 3.48. The highest BCUT2D eigenvalue weighted by atomic mass is 16.5. The van der Waals surface area contributed by atoms with Crippen LogP contribution in [-0.4, -0.2) is 19.0 Å². The third kappa shape index (κ3) is 3.97. The van der Waals surface area contributed by atoms with Gasteiger partial charge in [-0.05, 0) is 25.3 Å². The van der Waals surface area contributed by atoms with Gasteiger partial charge in [0.1, 0.15) is 6.10 Å². The van der Waals surface area contributed by atoms with Crippen molar-refractivity contribution in [3.05, 3.63) is 34.9 Å². The maximum atomic E-state index is 12.1. The van der Waals surface area contributed by atoms with Crippen molar-refractivity contribution < 1.29 is 9.53 Å². The maximum Gasteiger partial charge on any atom is 0.166 e. The third-order valence-corrected chi connectivity index (χ3v) is 2.84. The van der Waals surface area contributed by atoms with Gasteiger partial charge in [0.05, 0.1) is 0 Å². The molecule has 0 spiro atoms. The minimum Gasteiger partial charge on any atom is -0.373 e. The van der Waals surface area contributed by atoms with Crippen molar-refractivity contribution in [1.82, 2.24) is 0 Å². The van der Waals surface area contributed by atoms with Gasteiger partial charge in [0, 0.05) is 13.5 Å². The minimum atomic E-state index is -0.296. The predicted octanol–water partition coefficient (Wildman–Crippen LogP) is 3.09.